The molecule has 3 aliphatic rings. The number of amides is 1. The van der Waals surface area contributed by atoms with Crippen LogP contribution in [0.3, 0.4) is 0 Å². The Morgan fingerprint density at radius 3 is 2.64 bits per heavy atom. The molecule has 0 saturated heterocycles. The van der Waals surface area contributed by atoms with Gasteiger partial charge in [-0.2, -0.15) is 0 Å². The molecule has 2 aromatic carbocycles. The van der Waals surface area contributed by atoms with Crippen LogP contribution < -0.4 is 15.4 Å². The van der Waals surface area contributed by atoms with Crippen molar-refractivity contribution in [1.29, 1.82) is 0 Å². The van der Waals surface area contributed by atoms with E-state index in [-0.39, 0.29) is 48.1 Å². The van der Waals surface area contributed by atoms with Gasteiger partial charge in [0.2, 0.25) is 5.91 Å². The zero-order valence-corrected chi connectivity index (χ0v) is 21.5. The number of para-hydroxylation sites is 1. The van der Waals surface area contributed by atoms with Gasteiger partial charge >= 0.3 is 0 Å². The zero-order chi connectivity index (χ0) is 22.0. The first-order valence-electron chi connectivity index (χ1n) is 11.8. The van der Waals surface area contributed by atoms with Crippen molar-refractivity contribution in [3.63, 3.8) is 0 Å². The predicted molar refractivity (Wildman–Crippen MR) is 141 cm³/mol. The van der Waals surface area contributed by atoms with Crippen LogP contribution in [0.4, 0.5) is 0 Å². The highest BCUT2D eigenvalue weighted by atomic mass is 127. The van der Waals surface area contributed by atoms with Crippen molar-refractivity contribution < 1.29 is 9.53 Å². The molecule has 0 aromatic heterocycles. The third kappa shape index (κ3) is 5.13. The van der Waals surface area contributed by atoms with Gasteiger partial charge in [0.05, 0.1) is 12.6 Å². The van der Waals surface area contributed by atoms with E-state index in [9.17, 15) is 4.79 Å². The number of fused-ring (bicyclic) bond motifs is 2. The average molecular weight is 560 g/mol. The fraction of sp³-hybridized carbons (Fsp3) is 0.462. The number of guanidine groups is 1. The topological polar surface area (TPSA) is 66.0 Å². The molecule has 6 nitrogen and oxygen atoms in total. The van der Waals surface area contributed by atoms with E-state index in [1.165, 1.54) is 24.0 Å². The molecule has 5 rings (SSSR count). The molecule has 0 radical (unpaired) electrons. The second-order valence-corrected chi connectivity index (χ2v) is 9.19. The molecular formula is C26H33IN4O2. The molecule has 33 heavy (non-hydrogen) atoms. The van der Waals surface area contributed by atoms with Crippen LogP contribution in [-0.4, -0.2) is 42.5 Å². The lowest BCUT2D eigenvalue weighted by Crippen LogP contribution is -2.49. The maximum absolute atomic E-state index is 12.9. The number of hydrogen-bond donors (Lipinski definition) is 2. The lowest BCUT2D eigenvalue weighted by molar-refractivity contribution is -0.130. The second kappa shape index (κ2) is 10.3. The van der Waals surface area contributed by atoms with Gasteiger partial charge in [-0.05, 0) is 49.3 Å². The highest BCUT2D eigenvalue weighted by Gasteiger charge is 2.43. The van der Waals surface area contributed by atoms with Gasteiger partial charge in [-0.25, -0.2) is 0 Å². The van der Waals surface area contributed by atoms with Crippen molar-refractivity contribution >= 4 is 35.8 Å². The van der Waals surface area contributed by atoms with Crippen LogP contribution in [0, 0.1) is 0 Å². The van der Waals surface area contributed by atoms with E-state index in [1.807, 2.05) is 17.0 Å². The summed E-state index contributed by atoms with van der Waals surface area (Å²) in [7, 11) is 1.76. The molecule has 1 spiro atoms. The molecular weight excluding hydrogens is 527 g/mol. The molecule has 2 heterocycles. The first-order valence-corrected chi connectivity index (χ1v) is 11.8. The Bertz CT molecular complexity index is 1020. The van der Waals surface area contributed by atoms with Gasteiger partial charge in [-0.15, -0.1) is 24.0 Å². The Morgan fingerprint density at radius 1 is 1.12 bits per heavy atom. The highest BCUT2D eigenvalue weighted by Crippen LogP contribution is 2.46. The number of carbonyl (C=O) groups is 1. The second-order valence-electron chi connectivity index (χ2n) is 9.19. The minimum atomic E-state index is -0.0815. The first-order chi connectivity index (χ1) is 15.7. The number of halogens is 1. The Labute approximate surface area is 213 Å². The predicted octanol–water partition coefficient (Wildman–Crippen LogP) is 4.19. The van der Waals surface area contributed by atoms with Crippen LogP contribution in [0.25, 0.3) is 0 Å². The highest BCUT2D eigenvalue weighted by molar-refractivity contribution is 14.0. The molecule has 7 heteroatoms. The van der Waals surface area contributed by atoms with E-state index >= 15 is 0 Å². The van der Waals surface area contributed by atoms with Crippen molar-refractivity contribution in [2.75, 3.05) is 20.1 Å². The maximum Gasteiger partial charge on any atom is 0.242 e. The monoisotopic (exact) mass is 560 g/mol. The van der Waals surface area contributed by atoms with Crippen molar-refractivity contribution in [1.82, 2.24) is 15.5 Å². The quantitative estimate of drug-likeness (QED) is 0.336. The van der Waals surface area contributed by atoms with E-state index in [2.05, 4.69) is 52.0 Å². The number of carbonyl (C=O) groups excluding carboxylic acids is 1. The summed E-state index contributed by atoms with van der Waals surface area (Å²) in [5.41, 5.74) is 3.67. The Hall–Kier alpha value is -2.29. The van der Waals surface area contributed by atoms with Crippen LogP contribution in [0.5, 0.6) is 5.75 Å². The fourth-order valence-electron chi connectivity index (χ4n) is 5.41. The van der Waals surface area contributed by atoms with Crippen molar-refractivity contribution in [2.24, 2.45) is 4.99 Å². The standard InChI is InChI=1S/C26H32N4O2.HI/c1-27-25(28-17-24(31)30-15-12-19-8-2-3-9-20(19)18-30)29-22-16-26(13-6-7-14-26)32-23-11-5-4-10-21(22)23;/h2-5,8-11,22H,6-7,12-18H2,1H3,(H2,27,28,29);1H. The van der Waals surface area contributed by atoms with Gasteiger partial charge in [0.25, 0.3) is 0 Å². The van der Waals surface area contributed by atoms with Gasteiger partial charge in [-0.3, -0.25) is 9.79 Å². The van der Waals surface area contributed by atoms with Crippen LogP contribution in [0.1, 0.15) is 54.8 Å². The Morgan fingerprint density at radius 2 is 1.85 bits per heavy atom. The number of rotatable bonds is 3. The Kier molecular flexibility index (Phi) is 7.46. The van der Waals surface area contributed by atoms with Gasteiger partial charge < -0.3 is 20.3 Å². The van der Waals surface area contributed by atoms with Crippen molar-refractivity contribution in [2.45, 2.75) is 56.7 Å². The van der Waals surface area contributed by atoms with Gasteiger partial charge in [0.15, 0.2) is 5.96 Å². The number of hydrogen-bond acceptors (Lipinski definition) is 3. The Balaban J connectivity index is 0.00000259. The summed E-state index contributed by atoms with van der Waals surface area (Å²) in [6, 6.07) is 16.8. The third-order valence-electron chi connectivity index (χ3n) is 7.14. The van der Waals surface area contributed by atoms with Crippen LogP contribution >= 0.6 is 24.0 Å². The first kappa shape index (κ1) is 23.9. The normalized spacial score (nSPS) is 20.8. The molecule has 0 bridgehead atoms. The lowest BCUT2D eigenvalue weighted by Gasteiger charge is -2.40. The molecule has 1 saturated carbocycles. The summed E-state index contributed by atoms with van der Waals surface area (Å²) in [6.07, 6.45) is 6.46. The number of benzene rings is 2. The van der Waals surface area contributed by atoms with Gasteiger partial charge in [-0.1, -0.05) is 42.5 Å². The largest absolute Gasteiger partial charge is 0.487 e. The summed E-state index contributed by atoms with van der Waals surface area (Å²) in [4.78, 5) is 19.2. The molecule has 1 aliphatic carbocycles. The molecule has 2 aliphatic heterocycles. The zero-order valence-electron chi connectivity index (χ0n) is 19.2. The SMILES string of the molecule is CN=C(NCC(=O)N1CCc2ccccc2C1)NC1CC2(CCCC2)Oc2ccccc21.I. The smallest absolute Gasteiger partial charge is 0.242 e. The molecule has 1 unspecified atom stereocenters. The number of nitrogens with one attached hydrogen (secondary N) is 2. The molecule has 1 fully saturated rings. The van der Waals surface area contributed by atoms with E-state index in [4.69, 9.17) is 4.74 Å². The molecule has 2 aromatic rings. The van der Waals surface area contributed by atoms with Crippen LogP contribution in [0.2, 0.25) is 0 Å². The maximum atomic E-state index is 12.9. The van der Waals surface area contributed by atoms with E-state index < -0.39 is 0 Å². The summed E-state index contributed by atoms with van der Waals surface area (Å²) >= 11 is 0. The summed E-state index contributed by atoms with van der Waals surface area (Å²) in [5.74, 6) is 1.73. The number of aliphatic imine (C=N–C) groups is 1. The summed E-state index contributed by atoms with van der Waals surface area (Å²) in [5, 5.41) is 6.83. The molecule has 1 amide bonds. The van der Waals surface area contributed by atoms with Crippen molar-refractivity contribution in [3.05, 3.63) is 65.2 Å². The van der Waals surface area contributed by atoms with E-state index in [0.29, 0.717) is 12.5 Å². The third-order valence-corrected chi connectivity index (χ3v) is 7.14. The van der Waals surface area contributed by atoms with Gasteiger partial charge in [0.1, 0.15) is 11.4 Å². The summed E-state index contributed by atoms with van der Waals surface area (Å²) in [6.45, 7) is 1.68. The summed E-state index contributed by atoms with van der Waals surface area (Å²) < 4.78 is 6.47. The van der Waals surface area contributed by atoms with Crippen LogP contribution in [0.15, 0.2) is 53.5 Å². The lowest BCUT2D eigenvalue weighted by atomic mass is 9.86. The van der Waals surface area contributed by atoms with E-state index in [0.717, 1.165) is 43.5 Å². The molecule has 176 valence electrons. The van der Waals surface area contributed by atoms with Crippen LogP contribution in [-0.2, 0) is 17.8 Å². The number of nitrogens with zero attached hydrogens (tertiary/aromatic N) is 2. The van der Waals surface area contributed by atoms with Gasteiger partial charge in [0, 0.05) is 32.1 Å². The fourth-order valence-corrected chi connectivity index (χ4v) is 5.41. The minimum Gasteiger partial charge on any atom is -0.487 e. The average Bonchev–Trinajstić information content (AvgIpc) is 3.28. The minimum absolute atomic E-state index is 0. The van der Waals surface area contributed by atoms with E-state index in [1.54, 1.807) is 7.05 Å². The molecule has 2 N–H and O–H groups in total. The van der Waals surface area contributed by atoms with Crippen molar-refractivity contribution in [3.8, 4) is 5.75 Å². The number of ether oxygens (including phenoxy) is 1. The molecule has 1 atom stereocenters.